The van der Waals surface area contributed by atoms with Gasteiger partial charge in [0.2, 0.25) is 0 Å². The first-order chi connectivity index (χ1) is 5.43. The molecule has 0 atom stereocenters. The Labute approximate surface area is 72.6 Å². The molecule has 1 rings (SSSR count). The zero-order chi connectivity index (χ0) is 9.35. The molecule has 0 aliphatic heterocycles. The number of rotatable bonds is 1. The van der Waals surface area contributed by atoms with E-state index in [2.05, 4.69) is 4.98 Å². The van der Waals surface area contributed by atoms with Crippen LogP contribution in [-0.2, 0) is 0 Å². The third kappa shape index (κ3) is 1.72. The van der Waals surface area contributed by atoms with Crippen LogP contribution in [0.15, 0.2) is 12.3 Å². The zero-order valence-corrected chi connectivity index (χ0v) is 6.95. The van der Waals surface area contributed by atoms with Crippen LogP contribution in [0, 0.1) is 6.92 Å². The van der Waals surface area contributed by atoms with Gasteiger partial charge in [0.05, 0.1) is 0 Å². The molecule has 0 amide bonds. The number of halogens is 4. The number of pyridine rings is 1. The highest BCUT2D eigenvalue weighted by Gasteiger charge is 2.30. The lowest BCUT2D eigenvalue weighted by Gasteiger charge is -2.18. The third-order valence-corrected chi connectivity index (χ3v) is 1.79. The Morgan fingerprint density at radius 1 is 1.42 bits per heavy atom. The molecule has 0 fully saturated rings. The Morgan fingerprint density at radius 3 is 2.33 bits per heavy atom. The first-order valence-corrected chi connectivity index (χ1v) is 3.61. The average molecular weight is 194 g/mol. The molecule has 1 aromatic rings. The number of aryl methyl sites for hydroxylation is 1. The van der Waals surface area contributed by atoms with Gasteiger partial charge in [-0.05, 0) is 13.0 Å². The lowest BCUT2D eigenvalue weighted by molar-refractivity contribution is 0.500. The van der Waals surface area contributed by atoms with Crippen LogP contribution in [-0.4, -0.2) is 12.0 Å². The molecule has 0 aromatic carbocycles. The van der Waals surface area contributed by atoms with Crippen LogP contribution in [0.5, 0.6) is 0 Å². The van der Waals surface area contributed by atoms with E-state index < -0.39 is 17.6 Å². The minimum absolute atomic E-state index is 0.113. The topological polar surface area (TPSA) is 12.9 Å². The molecule has 1 heterocycles. The Balaban J connectivity index is 3.31. The SMILES string of the molecule is Cc1ccnc(Cl)c1[B-](F)(F)F. The van der Waals surface area contributed by atoms with Gasteiger partial charge in [-0.2, -0.15) is 0 Å². The van der Waals surface area contributed by atoms with E-state index in [0.29, 0.717) is 0 Å². The second-order valence-corrected chi connectivity index (χ2v) is 2.77. The van der Waals surface area contributed by atoms with Crippen LogP contribution in [0.1, 0.15) is 5.56 Å². The molecule has 1 nitrogen and oxygen atoms in total. The summed E-state index contributed by atoms with van der Waals surface area (Å²) in [5, 5.41) is -0.470. The highest BCUT2D eigenvalue weighted by Crippen LogP contribution is 2.16. The van der Waals surface area contributed by atoms with E-state index in [9.17, 15) is 12.9 Å². The van der Waals surface area contributed by atoms with Crippen molar-refractivity contribution in [3.63, 3.8) is 0 Å². The molecular weight excluding hydrogens is 189 g/mol. The van der Waals surface area contributed by atoms with E-state index in [1.54, 1.807) is 0 Å². The van der Waals surface area contributed by atoms with Crippen LogP contribution >= 0.6 is 11.6 Å². The molecule has 6 heteroatoms. The average Bonchev–Trinajstić information content (AvgIpc) is 1.82. The fourth-order valence-corrected chi connectivity index (χ4v) is 1.26. The summed E-state index contributed by atoms with van der Waals surface area (Å²) >= 11 is 5.30. The van der Waals surface area contributed by atoms with Crippen molar-refractivity contribution in [3.05, 3.63) is 23.0 Å². The van der Waals surface area contributed by atoms with Gasteiger partial charge in [0.15, 0.2) is 0 Å². The molecule has 0 N–H and O–H groups in total. The first kappa shape index (κ1) is 9.38. The predicted molar refractivity (Wildman–Crippen MR) is 42.7 cm³/mol. The lowest BCUT2D eigenvalue weighted by atomic mass is 9.78. The molecule has 0 aliphatic rings. The Bertz CT molecular complexity index is 279. The van der Waals surface area contributed by atoms with Crippen LogP contribution in [0.25, 0.3) is 0 Å². The molecule has 0 radical (unpaired) electrons. The molecule has 0 saturated heterocycles. The van der Waals surface area contributed by atoms with E-state index in [1.807, 2.05) is 0 Å². The van der Waals surface area contributed by atoms with Gasteiger partial charge in [0.1, 0.15) is 5.15 Å². The van der Waals surface area contributed by atoms with Crippen molar-refractivity contribution in [2.45, 2.75) is 6.92 Å². The second kappa shape index (κ2) is 2.97. The van der Waals surface area contributed by atoms with Gasteiger partial charge in [0.25, 0.3) is 0 Å². The van der Waals surface area contributed by atoms with Crippen LogP contribution < -0.4 is 5.46 Å². The van der Waals surface area contributed by atoms with Gasteiger partial charge in [-0.15, -0.1) is 0 Å². The zero-order valence-electron chi connectivity index (χ0n) is 6.19. The maximum atomic E-state index is 12.2. The van der Waals surface area contributed by atoms with Crippen molar-refractivity contribution in [2.24, 2.45) is 0 Å². The largest absolute Gasteiger partial charge is 0.512 e. The van der Waals surface area contributed by atoms with E-state index in [0.717, 1.165) is 0 Å². The number of hydrogen-bond donors (Lipinski definition) is 0. The van der Waals surface area contributed by atoms with Crippen LogP contribution in [0.3, 0.4) is 0 Å². The number of hydrogen-bond acceptors (Lipinski definition) is 1. The fraction of sp³-hybridized carbons (Fsp3) is 0.167. The Kier molecular flexibility index (Phi) is 2.33. The summed E-state index contributed by atoms with van der Waals surface area (Å²) in [6, 6.07) is 1.29. The maximum absolute atomic E-state index is 12.2. The van der Waals surface area contributed by atoms with Gasteiger partial charge in [-0.3, -0.25) is 0 Å². The predicted octanol–water partition coefficient (Wildman–Crippen LogP) is 2.10. The molecule has 0 bridgehead atoms. The molecule has 12 heavy (non-hydrogen) atoms. The molecule has 0 aliphatic carbocycles. The fourth-order valence-electron chi connectivity index (χ4n) is 0.930. The Hall–Kier alpha value is -0.705. The number of aromatic nitrogens is 1. The molecule has 0 unspecified atom stereocenters. The summed E-state index contributed by atoms with van der Waals surface area (Å²) < 4.78 is 36.7. The maximum Gasteiger partial charge on any atom is 0.512 e. The quantitative estimate of drug-likeness (QED) is 0.493. The molecule has 0 saturated carbocycles. The van der Waals surface area contributed by atoms with Crippen molar-refractivity contribution >= 4 is 24.0 Å². The van der Waals surface area contributed by atoms with Crippen molar-refractivity contribution in [1.29, 1.82) is 0 Å². The van der Waals surface area contributed by atoms with Crippen LogP contribution in [0.4, 0.5) is 12.9 Å². The summed E-state index contributed by atoms with van der Waals surface area (Å²) in [7, 11) is 0. The van der Waals surface area contributed by atoms with Crippen molar-refractivity contribution in [2.75, 3.05) is 0 Å². The van der Waals surface area contributed by atoms with Gasteiger partial charge in [0, 0.05) is 6.20 Å². The second-order valence-electron chi connectivity index (χ2n) is 2.41. The van der Waals surface area contributed by atoms with E-state index in [4.69, 9.17) is 11.6 Å². The summed E-state index contributed by atoms with van der Waals surface area (Å²) in [6.07, 6.45) is 1.25. The summed E-state index contributed by atoms with van der Waals surface area (Å²) in [5.74, 6) is 0. The molecular formula is C6H5BClF3N-. The summed E-state index contributed by atoms with van der Waals surface area (Å²) in [5.41, 5.74) is -0.679. The van der Waals surface area contributed by atoms with Gasteiger partial charge < -0.3 is 12.9 Å². The normalized spacial score (nSPS) is 11.8. The van der Waals surface area contributed by atoms with Gasteiger partial charge in [-0.25, -0.2) is 4.98 Å². The van der Waals surface area contributed by atoms with Crippen molar-refractivity contribution < 1.29 is 12.9 Å². The first-order valence-electron chi connectivity index (χ1n) is 3.24. The highest BCUT2D eigenvalue weighted by molar-refractivity contribution is 6.76. The summed E-state index contributed by atoms with van der Waals surface area (Å²) in [4.78, 5) is 3.37. The Morgan fingerprint density at radius 2 is 2.00 bits per heavy atom. The summed E-state index contributed by atoms with van der Waals surface area (Å²) in [6.45, 7) is -3.69. The third-order valence-electron chi connectivity index (χ3n) is 1.49. The number of nitrogens with zero attached hydrogens (tertiary/aromatic N) is 1. The van der Waals surface area contributed by atoms with Gasteiger partial charge >= 0.3 is 6.98 Å². The van der Waals surface area contributed by atoms with Crippen molar-refractivity contribution in [1.82, 2.24) is 4.98 Å². The standard InChI is InChI=1S/C6H5BClF3N/c1-4-2-3-12-6(8)5(4)7(9,10)11/h2-3H,1H3/q-1. The smallest absolute Gasteiger partial charge is 0.445 e. The minimum Gasteiger partial charge on any atom is -0.445 e. The highest BCUT2D eigenvalue weighted by atomic mass is 35.5. The van der Waals surface area contributed by atoms with Gasteiger partial charge in [-0.1, -0.05) is 22.6 Å². The monoisotopic (exact) mass is 194 g/mol. The van der Waals surface area contributed by atoms with Crippen LogP contribution in [0.2, 0.25) is 5.15 Å². The van der Waals surface area contributed by atoms with E-state index in [1.165, 1.54) is 19.2 Å². The minimum atomic E-state index is -5.05. The molecule has 1 aromatic heterocycles. The molecule has 66 valence electrons. The molecule has 0 spiro atoms. The van der Waals surface area contributed by atoms with E-state index >= 15 is 0 Å². The lowest BCUT2D eigenvalue weighted by Crippen LogP contribution is -2.37. The van der Waals surface area contributed by atoms with Crippen molar-refractivity contribution in [3.8, 4) is 0 Å². The van der Waals surface area contributed by atoms with E-state index in [-0.39, 0.29) is 5.56 Å².